The van der Waals surface area contributed by atoms with Gasteiger partial charge in [-0.3, -0.25) is 9.59 Å². The minimum absolute atomic E-state index is 0.123. The zero-order chi connectivity index (χ0) is 12.1. The second kappa shape index (κ2) is 6.09. The molecule has 1 saturated heterocycles. The molecular formula is C12H19NO2S. The van der Waals surface area contributed by atoms with Gasteiger partial charge in [0.15, 0.2) is 11.6 Å². The van der Waals surface area contributed by atoms with Crippen LogP contribution in [0.15, 0.2) is 10.6 Å². The Labute approximate surface area is 101 Å². The first-order chi connectivity index (χ1) is 7.57. The van der Waals surface area contributed by atoms with Crippen LogP contribution in [-0.2, 0) is 9.59 Å². The van der Waals surface area contributed by atoms with Crippen LogP contribution in [0.2, 0.25) is 0 Å². The van der Waals surface area contributed by atoms with Crippen LogP contribution in [-0.4, -0.2) is 35.8 Å². The maximum atomic E-state index is 11.5. The number of carbonyl (C=O) groups is 2. The molecule has 0 saturated carbocycles. The molecule has 0 aliphatic carbocycles. The fourth-order valence-electron chi connectivity index (χ4n) is 2.04. The largest absolute Gasteiger partial charge is 0.366 e. The second-order valence-corrected chi connectivity index (χ2v) is 4.84. The van der Waals surface area contributed by atoms with E-state index in [1.54, 1.807) is 0 Å². The van der Waals surface area contributed by atoms with E-state index < -0.39 is 0 Å². The van der Waals surface area contributed by atoms with Crippen molar-refractivity contribution >= 4 is 23.3 Å². The Morgan fingerprint density at radius 3 is 1.88 bits per heavy atom. The number of rotatable bonds is 4. The van der Waals surface area contributed by atoms with Crippen LogP contribution in [0, 0.1) is 0 Å². The Morgan fingerprint density at radius 1 is 1.00 bits per heavy atom. The highest BCUT2D eigenvalue weighted by molar-refractivity contribution is 8.02. The molecule has 1 fully saturated rings. The molecule has 1 aliphatic heterocycles. The van der Waals surface area contributed by atoms with Gasteiger partial charge in [0.05, 0.1) is 10.6 Å². The number of carbonyl (C=O) groups excluding carboxylic acids is 2. The first kappa shape index (κ1) is 13.3. The third-order valence-electron chi connectivity index (χ3n) is 2.75. The number of hydrogen-bond acceptors (Lipinski definition) is 4. The van der Waals surface area contributed by atoms with Crippen molar-refractivity contribution in [2.75, 3.05) is 19.3 Å². The summed E-state index contributed by atoms with van der Waals surface area (Å²) in [6, 6.07) is 0. The van der Waals surface area contributed by atoms with Crippen molar-refractivity contribution in [3.63, 3.8) is 0 Å². The number of thioether (sulfide) groups is 1. The summed E-state index contributed by atoms with van der Waals surface area (Å²) >= 11 is 1.51. The normalized spacial score (nSPS) is 15.8. The van der Waals surface area contributed by atoms with Crippen molar-refractivity contribution in [2.45, 2.75) is 33.1 Å². The minimum Gasteiger partial charge on any atom is -0.366 e. The van der Waals surface area contributed by atoms with Gasteiger partial charge in [-0.1, -0.05) is 0 Å². The average Bonchev–Trinajstić information content (AvgIpc) is 2.25. The van der Waals surface area contributed by atoms with Crippen molar-refractivity contribution in [2.24, 2.45) is 0 Å². The fourth-order valence-corrected chi connectivity index (χ4v) is 2.97. The van der Waals surface area contributed by atoms with Gasteiger partial charge in [0.25, 0.3) is 0 Å². The molecule has 90 valence electrons. The molecule has 0 spiro atoms. The van der Waals surface area contributed by atoms with E-state index in [4.69, 9.17) is 0 Å². The van der Waals surface area contributed by atoms with Crippen LogP contribution >= 0.6 is 11.8 Å². The summed E-state index contributed by atoms with van der Waals surface area (Å²) in [5.74, 6) is -0.246. The summed E-state index contributed by atoms with van der Waals surface area (Å²) < 4.78 is 0. The molecule has 0 amide bonds. The lowest BCUT2D eigenvalue weighted by Gasteiger charge is -2.31. The third kappa shape index (κ3) is 3.11. The van der Waals surface area contributed by atoms with Gasteiger partial charge in [-0.15, -0.1) is 11.8 Å². The van der Waals surface area contributed by atoms with Gasteiger partial charge in [-0.2, -0.15) is 0 Å². The van der Waals surface area contributed by atoms with E-state index in [1.807, 2.05) is 6.26 Å². The van der Waals surface area contributed by atoms with Crippen LogP contribution in [0.5, 0.6) is 0 Å². The van der Waals surface area contributed by atoms with Gasteiger partial charge < -0.3 is 4.90 Å². The zero-order valence-corrected chi connectivity index (χ0v) is 11.0. The maximum absolute atomic E-state index is 11.5. The standard InChI is InChI=1S/C12H19NO2S/c1-9(14)11(10(2)15)12(16-3)13-7-5-4-6-8-13/h4-8H2,1-3H3. The van der Waals surface area contributed by atoms with E-state index in [2.05, 4.69) is 4.90 Å². The Bertz CT molecular complexity index is 301. The average molecular weight is 241 g/mol. The molecule has 3 nitrogen and oxygen atoms in total. The quantitative estimate of drug-likeness (QED) is 0.430. The van der Waals surface area contributed by atoms with Gasteiger partial charge >= 0.3 is 0 Å². The summed E-state index contributed by atoms with van der Waals surface area (Å²) in [5, 5.41) is 0.861. The predicted molar refractivity (Wildman–Crippen MR) is 67.3 cm³/mol. The fraction of sp³-hybridized carbons (Fsp3) is 0.667. The lowest BCUT2D eigenvalue weighted by atomic mass is 10.1. The molecule has 0 unspecified atom stereocenters. The molecular weight excluding hydrogens is 222 g/mol. The van der Waals surface area contributed by atoms with E-state index >= 15 is 0 Å². The maximum Gasteiger partial charge on any atom is 0.166 e. The van der Waals surface area contributed by atoms with Gasteiger partial charge in [0.1, 0.15) is 0 Å². The molecule has 4 heteroatoms. The Hall–Kier alpha value is -0.770. The highest BCUT2D eigenvalue weighted by Gasteiger charge is 2.21. The minimum atomic E-state index is -0.123. The molecule has 0 atom stereocenters. The lowest BCUT2D eigenvalue weighted by molar-refractivity contribution is -0.119. The number of ketones is 2. The summed E-state index contributed by atoms with van der Waals surface area (Å²) in [5.41, 5.74) is 0.370. The number of likely N-dealkylation sites (tertiary alicyclic amines) is 1. The first-order valence-electron chi connectivity index (χ1n) is 5.63. The summed E-state index contributed by atoms with van der Waals surface area (Å²) in [7, 11) is 0. The smallest absolute Gasteiger partial charge is 0.166 e. The van der Waals surface area contributed by atoms with Crippen LogP contribution in [0.3, 0.4) is 0 Å². The Kier molecular flexibility index (Phi) is 5.06. The number of nitrogens with zero attached hydrogens (tertiary/aromatic N) is 1. The molecule has 0 aromatic heterocycles. The second-order valence-electron chi connectivity index (χ2n) is 4.04. The molecule has 1 rings (SSSR count). The zero-order valence-electron chi connectivity index (χ0n) is 10.2. The van der Waals surface area contributed by atoms with E-state index in [0.717, 1.165) is 31.0 Å². The predicted octanol–water partition coefficient (Wildman–Crippen LogP) is 2.22. The number of Topliss-reactive ketones (excluding diaryl/α,β-unsaturated/α-hetero) is 2. The van der Waals surface area contributed by atoms with Crippen molar-refractivity contribution in [1.82, 2.24) is 4.90 Å². The van der Waals surface area contributed by atoms with Crippen molar-refractivity contribution in [3.05, 3.63) is 10.6 Å². The van der Waals surface area contributed by atoms with Crippen LogP contribution in [0.25, 0.3) is 0 Å². The Balaban J connectivity index is 3.03. The van der Waals surface area contributed by atoms with Gasteiger partial charge in [0, 0.05) is 13.1 Å². The van der Waals surface area contributed by atoms with Crippen molar-refractivity contribution in [1.29, 1.82) is 0 Å². The van der Waals surface area contributed by atoms with Crippen molar-refractivity contribution < 1.29 is 9.59 Å². The SMILES string of the molecule is CSC(=C(C(C)=O)C(C)=O)N1CCCCC1. The number of piperidine rings is 1. The van der Waals surface area contributed by atoms with E-state index in [-0.39, 0.29) is 11.6 Å². The highest BCUT2D eigenvalue weighted by Crippen LogP contribution is 2.26. The topological polar surface area (TPSA) is 37.4 Å². The summed E-state index contributed by atoms with van der Waals surface area (Å²) in [6.45, 7) is 4.86. The molecule has 16 heavy (non-hydrogen) atoms. The molecule has 0 aromatic carbocycles. The van der Waals surface area contributed by atoms with Gasteiger partial charge in [0.2, 0.25) is 0 Å². The monoisotopic (exact) mass is 241 g/mol. The van der Waals surface area contributed by atoms with E-state index in [0.29, 0.717) is 5.57 Å². The molecule has 0 bridgehead atoms. The van der Waals surface area contributed by atoms with Crippen LogP contribution < -0.4 is 0 Å². The molecule has 0 radical (unpaired) electrons. The first-order valence-corrected chi connectivity index (χ1v) is 6.85. The van der Waals surface area contributed by atoms with Gasteiger partial charge in [-0.05, 0) is 39.4 Å². The summed E-state index contributed by atoms with van der Waals surface area (Å²) in [4.78, 5) is 25.2. The highest BCUT2D eigenvalue weighted by atomic mass is 32.2. The number of hydrogen-bond donors (Lipinski definition) is 0. The van der Waals surface area contributed by atoms with E-state index in [9.17, 15) is 9.59 Å². The van der Waals surface area contributed by atoms with Crippen LogP contribution in [0.1, 0.15) is 33.1 Å². The van der Waals surface area contributed by atoms with Crippen molar-refractivity contribution in [3.8, 4) is 0 Å². The number of allylic oxidation sites excluding steroid dienone is 1. The molecule has 1 heterocycles. The molecule has 0 N–H and O–H groups in total. The third-order valence-corrected chi connectivity index (χ3v) is 3.60. The summed E-state index contributed by atoms with van der Waals surface area (Å²) in [6.07, 6.45) is 5.46. The van der Waals surface area contributed by atoms with Gasteiger partial charge in [-0.25, -0.2) is 0 Å². The molecule has 0 aromatic rings. The van der Waals surface area contributed by atoms with E-state index in [1.165, 1.54) is 32.0 Å². The lowest BCUT2D eigenvalue weighted by Crippen LogP contribution is -2.30. The van der Waals surface area contributed by atoms with Crippen LogP contribution in [0.4, 0.5) is 0 Å². The molecule has 1 aliphatic rings. The Morgan fingerprint density at radius 2 is 1.50 bits per heavy atom.